The summed E-state index contributed by atoms with van der Waals surface area (Å²) in [4.78, 5) is 23.8. The molecule has 0 fully saturated rings. The van der Waals surface area contributed by atoms with Crippen molar-refractivity contribution in [1.29, 1.82) is 0 Å². The Morgan fingerprint density at radius 1 is 1.28 bits per heavy atom. The summed E-state index contributed by atoms with van der Waals surface area (Å²) in [5.74, 6) is 0.491. The van der Waals surface area contributed by atoms with Gasteiger partial charge in [-0.05, 0) is 19.1 Å². The number of fused-ring (bicyclic) bond motifs is 1. The Balaban J connectivity index is 1.69. The lowest BCUT2D eigenvalue weighted by Gasteiger charge is -2.16. The molecule has 0 spiro atoms. The standard InChI is InChI=1S/C17H15N5O2S/c1-2-24-22-12-5-7-23-16-15(12)21-13(9-19-16)14-10-20-17(25-14)11-4-3-6-18-8-11/h3-4,6,8-10H,2,5,7H2,1H3. The van der Waals surface area contributed by atoms with Crippen LogP contribution in [0, 0.1) is 0 Å². The first-order chi connectivity index (χ1) is 12.3. The van der Waals surface area contributed by atoms with Crippen LogP contribution in [0.25, 0.3) is 21.1 Å². The van der Waals surface area contributed by atoms with Crippen molar-refractivity contribution in [3.63, 3.8) is 0 Å². The number of pyridine rings is 1. The van der Waals surface area contributed by atoms with Crippen LogP contribution in [-0.4, -0.2) is 38.9 Å². The minimum atomic E-state index is 0.491. The van der Waals surface area contributed by atoms with E-state index in [4.69, 9.17) is 9.57 Å². The number of ether oxygens (including phenoxy) is 1. The van der Waals surface area contributed by atoms with Gasteiger partial charge in [-0.3, -0.25) is 4.98 Å². The van der Waals surface area contributed by atoms with Crippen LogP contribution in [-0.2, 0) is 4.84 Å². The van der Waals surface area contributed by atoms with Crippen molar-refractivity contribution in [1.82, 2.24) is 19.9 Å². The first kappa shape index (κ1) is 15.6. The zero-order valence-corrected chi connectivity index (χ0v) is 14.4. The maximum absolute atomic E-state index is 5.57. The van der Waals surface area contributed by atoms with E-state index in [1.807, 2.05) is 19.1 Å². The predicted molar refractivity (Wildman–Crippen MR) is 94.6 cm³/mol. The molecule has 0 aromatic carbocycles. The first-order valence-corrected chi connectivity index (χ1v) is 8.72. The summed E-state index contributed by atoms with van der Waals surface area (Å²) < 4.78 is 5.57. The van der Waals surface area contributed by atoms with Gasteiger partial charge in [-0.2, -0.15) is 0 Å². The molecule has 1 aliphatic rings. The van der Waals surface area contributed by atoms with Crippen LogP contribution in [0.1, 0.15) is 19.0 Å². The van der Waals surface area contributed by atoms with Crippen molar-refractivity contribution in [3.8, 4) is 27.0 Å². The van der Waals surface area contributed by atoms with Crippen LogP contribution in [0.2, 0.25) is 0 Å². The maximum Gasteiger partial charge on any atom is 0.242 e. The van der Waals surface area contributed by atoms with Crippen molar-refractivity contribution in [2.24, 2.45) is 5.16 Å². The Labute approximate surface area is 148 Å². The van der Waals surface area contributed by atoms with Gasteiger partial charge in [0.1, 0.15) is 23.0 Å². The molecule has 0 atom stereocenters. The monoisotopic (exact) mass is 353 g/mol. The minimum Gasteiger partial charge on any atom is -0.476 e. The minimum absolute atomic E-state index is 0.491. The van der Waals surface area contributed by atoms with Gasteiger partial charge in [-0.25, -0.2) is 15.0 Å². The second-order valence-electron chi connectivity index (χ2n) is 5.23. The Morgan fingerprint density at radius 3 is 3.08 bits per heavy atom. The van der Waals surface area contributed by atoms with Crippen molar-refractivity contribution >= 4 is 17.0 Å². The molecular weight excluding hydrogens is 338 g/mol. The Morgan fingerprint density at radius 2 is 2.24 bits per heavy atom. The van der Waals surface area contributed by atoms with Crippen molar-refractivity contribution < 1.29 is 9.57 Å². The second-order valence-corrected chi connectivity index (χ2v) is 6.27. The number of aromatic nitrogens is 4. The Kier molecular flexibility index (Phi) is 4.34. The van der Waals surface area contributed by atoms with Crippen LogP contribution in [0.3, 0.4) is 0 Å². The molecule has 0 radical (unpaired) electrons. The molecule has 0 amide bonds. The van der Waals surface area contributed by atoms with Crippen molar-refractivity contribution in [2.75, 3.05) is 13.2 Å². The fourth-order valence-electron chi connectivity index (χ4n) is 2.40. The van der Waals surface area contributed by atoms with Crippen LogP contribution < -0.4 is 4.74 Å². The fourth-order valence-corrected chi connectivity index (χ4v) is 3.26. The predicted octanol–water partition coefficient (Wildman–Crippen LogP) is 3.19. The second kappa shape index (κ2) is 6.94. The molecule has 1 aliphatic heterocycles. The third kappa shape index (κ3) is 3.20. The van der Waals surface area contributed by atoms with Gasteiger partial charge < -0.3 is 9.57 Å². The van der Waals surface area contributed by atoms with Gasteiger partial charge in [0.15, 0.2) is 5.69 Å². The van der Waals surface area contributed by atoms with Crippen LogP contribution in [0.15, 0.2) is 42.1 Å². The van der Waals surface area contributed by atoms with E-state index < -0.39 is 0 Å². The van der Waals surface area contributed by atoms with Crippen molar-refractivity contribution in [3.05, 3.63) is 42.6 Å². The van der Waals surface area contributed by atoms with E-state index >= 15 is 0 Å². The van der Waals surface area contributed by atoms with Crippen LogP contribution in [0.5, 0.6) is 5.88 Å². The van der Waals surface area contributed by atoms with E-state index in [0.717, 1.165) is 26.9 Å². The molecule has 0 N–H and O–H groups in total. The molecule has 7 nitrogen and oxygen atoms in total. The third-order valence-corrected chi connectivity index (χ3v) is 4.63. The average molecular weight is 353 g/mol. The number of thiazole rings is 1. The van der Waals surface area contributed by atoms with Gasteiger partial charge in [0, 0.05) is 30.6 Å². The van der Waals surface area contributed by atoms with E-state index in [1.54, 1.807) is 36.1 Å². The molecule has 0 aliphatic carbocycles. The number of rotatable bonds is 4. The Bertz CT molecular complexity index is 910. The topological polar surface area (TPSA) is 82.4 Å². The molecule has 3 aromatic rings. The molecule has 0 saturated carbocycles. The highest BCUT2D eigenvalue weighted by molar-refractivity contribution is 7.18. The van der Waals surface area contributed by atoms with E-state index in [9.17, 15) is 0 Å². The molecule has 8 heteroatoms. The molecule has 25 heavy (non-hydrogen) atoms. The van der Waals surface area contributed by atoms with Gasteiger partial charge in [0.25, 0.3) is 0 Å². The molecule has 4 rings (SSSR count). The third-order valence-electron chi connectivity index (χ3n) is 3.56. The Hall–Kier alpha value is -2.87. The van der Waals surface area contributed by atoms with Gasteiger partial charge in [-0.15, -0.1) is 11.3 Å². The van der Waals surface area contributed by atoms with E-state index in [1.165, 1.54) is 0 Å². The highest BCUT2D eigenvalue weighted by atomic mass is 32.1. The normalized spacial score (nSPS) is 14.8. The quantitative estimate of drug-likeness (QED) is 0.670. The SMILES string of the molecule is CCON=C1CCOc2ncc(-c3cnc(-c4cccnc4)s3)nc21. The lowest BCUT2D eigenvalue weighted by molar-refractivity contribution is 0.156. The maximum atomic E-state index is 5.57. The molecule has 0 saturated heterocycles. The van der Waals surface area contributed by atoms with Gasteiger partial charge in [0.05, 0.1) is 17.7 Å². The van der Waals surface area contributed by atoms with E-state index in [0.29, 0.717) is 31.2 Å². The van der Waals surface area contributed by atoms with Gasteiger partial charge in [0.2, 0.25) is 5.88 Å². The zero-order valence-electron chi connectivity index (χ0n) is 13.5. The molecule has 0 unspecified atom stereocenters. The van der Waals surface area contributed by atoms with Gasteiger partial charge >= 0.3 is 0 Å². The molecule has 0 bridgehead atoms. The number of hydrogen-bond acceptors (Lipinski definition) is 8. The first-order valence-electron chi connectivity index (χ1n) is 7.91. The molecule has 4 heterocycles. The summed E-state index contributed by atoms with van der Waals surface area (Å²) in [6.45, 7) is 2.93. The highest BCUT2D eigenvalue weighted by Gasteiger charge is 2.22. The smallest absolute Gasteiger partial charge is 0.242 e. The lowest BCUT2D eigenvalue weighted by atomic mass is 10.1. The molecular formula is C17H15N5O2S. The van der Waals surface area contributed by atoms with Crippen LogP contribution >= 0.6 is 11.3 Å². The number of hydrogen-bond donors (Lipinski definition) is 0. The largest absolute Gasteiger partial charge is 0.476 e. The fraction of sp³-hybridized carbons (Fsp3) is 0.235. The highest BCUT2D eigenvalue weighted by Crippen LogP contribution is 2.32. The summed E-state index contributed by atoms with van der Waals surface area (Å²) >= 11 is 1.54. The number of oxime groups is 1. The molecule has 3 aromatic heterocycles. The van der Waals surface area contributed by atoms with Crippen LogP contribution in [0.4, 0.5) is 0 Å². The summed E-state index contributed by atoms with van der Waals surface area (Å²) in [7, 11) is 0. The number of nitrogens with zero attached hydrogens (tertiary/aromatic N) is 5. The lowest BCUT2D eigenvalue weighted by Crippen LogP contribution is -2.19. The summed E-state index contributed by atoms with van der Waals surface area (Å²) in [6.07, 6.45) is 7.68. The van der Waals surface area contributed by atoms with Crippen molar-refractivity contribution in [2.45, 2.75) is 13.3 Å². The summed E-state index contributed by atoms with van der Waals surface area (Å²) in [5, 5.41) is 5.04. The summed E-state index contributed by atoms with van der Waals surface area (Å²) in [6, 6.07) is 3.87. The van der Waals surface area contributed by atoms with Gasteiger partial charge in [-0.1, -0.05) is 5.16 Å². The summed E-state index contributed by atoms with van der Waals surface area (Å²) in [5.41, 5.74) is 3.11. The van der Waals surface area contributed by atoms with E-state index in [2.05, 4.69) is 25.1 Å². The zero-order chi connectivity index (χ0) is 17.1. The average Bonchev–Trinajstić information content (AvgIpc) is 3.17. The molecule has 126 valence electrons. The van der Waals surface area contributed by atoms with E-state index in [-0.39, 0.29) is 0 Å².